The van der Waals surface area contributed by atoms with Gasteiger partial charge in [0.2, 0.25) is 0 Å². The Morgan fingerprint density at radius 1 is 1.67 bits per heavy atom. The molecule has 1 atom stereocenters. The summed E-state index contributed by atoms with van der Waals surface area (Å²) in [5.41, 5.74) is 0. The van der Waals surface area contributed by atoms with Crippen molar-refractivity contribution in [2.75, 3.05) is 0 Å². The minimum Gasteiger partial charge on any atom is -0.365 e. The van der Waals surface area contributed by atoms with E-state index in [1.807, 2.05) is 0 Å². The topological polar surface area (TPSA) is 57.5 Å². The van der Waals surface area contributed by atoms with Gasteiger partial charge in [-0.2, -0.15) is 0 Å². The maximum atomic E-state index is 10.1. The van der Waals surface area contributed by atoms with Gasteiger partial charge in [0.25, 0.3) is 0 Å². The van der Waals surface area contributed by atoms with E-state index in [0.29, 0.717) is 6.29 Å². The van der Waals surface area contributed by atoms with Gasteiger partial charge in [0.1, 0.15) is 6.29 Å². The summed E-state index contributed by atoms with van der Waals surface area (Å²) in [6.07, 6.45) is 3.76. The molecule has 0 radical (unpaired) electrons. The Labute approximate surface area is 52.6 Å². The minimum atomic E-state index is -1.82. The van der Waals surface area contributed by atoms with Crippen LogP contribution in [0.2, 0.25) is 0 Å². The summed E-state index contributed by atoms with van der Waals surface area (Å²) in [5, 5.41) is 17.8. The molecule has 0 spiro atoms. The van der Waals surface area contributed by atoms with E-state index in [1.54, 1.807) is 6.08 Å². The van der Waals surface area contributed by atoms with E-state index >= 15 is 0 Å². The summed E-state index contributed by atoms with van der Waals surface area (Å²) in [7, 11) is 0. The van der Waals surface area contributed by atoms with Crippen molar-refractivity contribution >= 4 is 6.29 Å². The van der Waals surface area contributed by atoms with Gasteiger partial charge < -0.3 is 15.0 Å². The molecular weight excluding hydrogens is 120 g/mol. The fourth-order valence-electron chi connectivity index (χ4n) is 0.833. The summed E-state index contributed by atoms with van der Waals surface area (Å²) in [5.74, 6) is -2.56. The lowest BCUT2D eigenvalue weighted by Crippen LogP contribution is -2.33. The maximum Gasteiger partial charge on any atom is 0.179 e. The Balaban J connectivity index is 2.71. The number of carbonyl (C=O) groups excluding carboxylic acids is 1. The molecule has 1 aliphatic carbocycles. The Morgan fingerprint density at radius 3 is 2.56 bits per heavy atom. The van der Waals surface area contributed by atoms with Crippen molar-refractivity contribution in [2.45, 2.75) is 12.2 Å². The van der Waals surface area contributed by atoms with Crippen molar-refractivity contribution in [2.24, 2.45) is 5.92 Å². The van der Waals surface area contributed by atoms with Crippen molar-refractivity contribution in [3.8, 4) is 0 Å². The van der Waals surface area contributed by atoms with E-state index in [1.165, 1.54) is 6.08 Å². The molecule has 0 heterocycles. The molecule has 0 bridgehead atoms. The zero-order valence-electron chi connectivity index (χ0n) is 4.82. The highest BCUT2D eigenvalue weighted by atomic mass is 16.5. The van der Waals surface area contributed by atoms with Crippen LogP contribution in [0.4, 0.5) is 0 Å². The molecule has 3 heteroatoms. The molecule has 0 aromatic heterocycles. The van der Waals surface area contributed by atoms with Crippen LogP contribution in [0.5, 0.6) is 0 Å². The summed E-state index contributed by atoms with van der Waals surface area (Å²) in [4.78, 5) is 10.1. The SMILES string of the molecule is O=CC1C=CCC1(O)O. The number of rotatable bonds is 1. The van der Waals surface area contributed by atoms with Crippen molar-refractivity contribution in [3.63, 3.8) is 0 Å². The second-order valence-electron chi connectivity index (χ2n) is 2.17. The van der Waals surface area contributed by atoms with Gasteiger partial charge >= 0.3 is 0 Å². The van der Waals surface area contributed by atoms with E-state index in [9.17, 15) is 4.79 Å². The minimum absolute atomic E-state index is 0.149. The largest absolute Gasteiger partial charge is 0.365 e. The molecule has 3 nitrogen and oxygen atoms in total. The molecule has 9 heavy (non-hydrogen) atoms. The van der Waals surface area contributed by atoms with E-state index in [0.717, 1.165) is 0 Å². The quantitative estimate of drug-likeness (QED) is 0.283. The Kier molecular flexibility index (Phi) is 1.38. The predicted molar refractivity (Wildman–Crippen MR) is 30.5 cm³/mol. The van der Waals surface area contributed by atoms with Crippen molar-refractivity contribution < 1.29 is 15.0 Å². The molecule has 2 N–H and O–H groups in total. The first-order valence-electron chi connectivity index (χ1n) is 2.73. The van der Waals surface area contributed by atoms with Gasteiger partial charge in [-0.25, -0.2) is 0 Å². The number of hydrogen-bond donors (Lipinski definition) is 2. The van der Waals surface area contributed by atoms with Crippen LogP contribution < -0.4 is 0 Å². The molecule has 0 aromatic carbocycles. The lowest BCUT2D eigenvalue weighted by Gasteiger charge is -2.18. The van der Waals surface area contributed by atoms with Gasteiger partial charge in [0.05, 0.1) is 5.92 Å². The normalized spacial score (nSPS) is 30.7. The molecular formula is C6H8O3. The van der Waals surface area contributed by atoms with Crippen LogP contribution in [0.15, 0.2) is 12.2 Å². The monoisotopic (exact) mass is 128 g/mol. The van der Waals surface area contributed by atoms with Crippen molar-refractivity contribution in [3.05, 3.63) is 12.2 Å². The molecule has 0 amide bonds. The molecule has 0 aromatic rings. The standard InChI is InChI=1S/C6H8O3/c7-4-5-2-1-3-6(5,8)9/h1-2,4-5,8-9H,3H2. The van der Waals surface area contributed by atoms with Crippen LogP contribution in [-0.2, 0) is 4.79 Å². The molecule has 0 aliphatic heterocycles. The van der Waals surface area contributed by atoms with Gasteiger partial charge in [0, 0.05) is 6.42 Å². The lowest BCUT2D eigenvalue weighted by molar-refractivity contribution is -0.177. The summed E-state index contributed by atoms with van der Waals surface area (Å²) < 4.78 is 0. The maximum absolute atomic E-state index is 10.1. The van der Waals surface area contributed by atoms with Crippen LogP contribution in [0.25, 0.3) is 0 Å². The molecule has 1 unspecified atom stereocenters. The van der Waals surface area contributed by atoms with Gasteiger partial charge in [0.15, 0.2) is 5.79 Å². The first-order chi connectivity index (χ1) is 4.17. The predicted octanol–water partition coefficient (Wildman–Crippen LogP) is -0.558. The van der Waals surface area contributed by atoms with E-state index in [4.69, 9.17) is 10.2 Å². The zero-order valence-corrected chi connectivity index (χ0v) is 4.82. The molecule has 1 rings (SSSR count). The first-order valence-corrected chi connectivity index (χ1v) is 2.73. The third-order valence-electron chi connectivity index (χ3n) is 1.44. The second-order valence-corrected chi connectivity index (χ2v) is 2.17. The van der Waals surface area contributed by atoms with E-state index in [-0.39, 0.29) is 6.42 Å². The summed E-state index contributed by atoms with van der Waals surface area (Å²) in [6.45, 7) is 0. The van der Waals surface area contributed by atoms with Gasteiger partial charge in [-0.05, 0) is 0 Å². The number of hydrogen-bond acceptors (Lipinski definition) is 3. The fourth-order valence-corrected chi connectivity index (χ4v) is 0.833. The molecule has 0 fully saturated rings. The molecule has 0 saturated heterocycles. The van der Waals surface area contributed by atoms with Crippen molar-refractivity contribution in [1.29, 1.82) is 0 Å². The van der Waals surface area contributed by atoms with Crippen LogP contribution in [-0.4, -0.2) is 22.3 Å². The summed E-state index contributed by atoms with van der Waals surface area (Å²) in [6, 6.07) is 0. The second kappa shape index (κ2) is 1.93. The Bertz CT molecular complexity index is 148. The average molecular weight is 128 g/mol. The average Bonchev–Trinajstić information content (AvgIpc) is 2.08. The van der Waals surface area contributed by atoms with Crippen LogP contribution in [0.3, 0.4) is 0 Å². The van der Waals surface area contributed by atoms with Gasteiger partial charge in [-0.3, -0.25) is 0 Å². The third-order valence-corrected chi connectivity index (χ3v) is 1.44. The van der Waals surface area contributed by atoms with Crippen LogP contribution in [0, 0.1) is 5.92 Å². The highest BCUT2D eigenvalue weighted by molar-refractivity contribution is 5.59. The summed E-state index contributed by atoms with van der Waals surface area (Å²) >= 11 is 0. The molecule has 50 valence electrons. The Hall–Kier alpha value is -0.670. The highest BCUT2D eigenvalue weighted by Gasteiger charge is 2.34. The first kappa shape index (κ1) is 6.45. The number of carbonyl (C=O) groups is 1. The van der Waals surface area contributed by atoms with Crippen LogP contribution >= 0.6 is 0 Å². The van der Waals surface area contributed by atoms with Crippen molar-refractivity contribution in [1.82, 2.24) is 0 Å². The van der Waals surface area contributed by atoms with Gasteiger partial charge in [-0.15, -0.1) is 0 Å². The van der Waals surface area contributed by atoms with Gasteiger partial charge in [-0.1, -0.05) is 12.2 Å². The molecule has 1 aliphatic rings. The smallest absolute Gasteiger partial charge is 0.179 e. The van der Waals surface area contributed by atoms with Crippen LogP contribution in [0.1, 0.15) is 6.42 Å². The Morgan fingerprint density at radius 2 is 2.33 bits per heavy atom. The number of aldehydes is 1. The fraction of sp³-hybridized carbons (Fsp3) is 0.500. The highest BCUT2D eigenvalue weighted by Crippen LogP contribution is 2.24. The number of aliphatic hydroxyl groups is 2. The zero-order chi connectivity index (χ0) is 6.91. The lowest BCUT2D eigenvalue weighted by atomic mass is 10.1. The van der Waals surface area contributed by atoms with E-state index in [2.05, 4.69) is 0 Å². The van der Waals surface area contributed by atoms with E-state index < -0.39 is 11.7 Å². The third kappa shape index (κ3) is 1.01. The molecule has 0 saturated carbocycles.